The molecule has 0 saturated heterocycles. The van der Waals surface area contributed by atoms with E-state index < -0.39 is 0 Å². The highest BCUT2D eigenvalue weighted by molar-refractivity contribution is 9.09. The number of aromatic amines is 1. The standard InChI is InChI=1S/C20H17BrN4O2/c21-11-19(26)24-14-3-1-12(2-4-14)17-9-13(5-7-22-17)18-10-15-16(25-18)6-8-23-20(15)27/h1-5,7,9-10,25H,6,8,11H2,(H,23,27)(H,24,26). The zero-order valence-electron chi connectivity index (χ0n) is 14.4. The Morgan fingerprint density at radius 2 is 1.96 bits per heavy atom. The summed E-state index contributed by atoms with van der Waals surface area (Å²) in [5.74, 6) is -0.128. The summed E-state index contributed by atoms with van der Waals surface area (Å²) in [4.78, 5) is 31.2. The Morgan fingerprint density at radius 1 is 1.15 bits per heavy atom. The number of aromatic nitrogens is 2. The van der Waals surface area contributed by atoms with E-state index in [9.17, 15) is 9.59 Å². The average molecular weight is 425 g/mol. The third-order valence-electron chi connectivity index (χ3n) is 4.46. The second kappa shape index (κ2) is 7.36. The van der Waals surface area contributed by atoms with Crippen molar-refractivity contribution in [2.75, 3.05) is 17.2 Å². The van der Waals surface area contributed by atoms with E-state index in [-0.39, 0.29) is 17.1 Å². The molecule has 6 nitrogen and oxygen atoms in total. The van der Waals surface area contributed by atoms with Crippen LogP contribution in [-0.2, 0) is 11.2 Å². The molecule has 0 saturated carbocycles. The number of halogens is 1. The predicted molar refractivity (Wildman–Crippen MR) is 108 cm³/mol. The topological polar surface area (TPSA) is 86.9 Å². The van der Waals surface area contributed by atoms with E-state index in [1.807, 2.05) is 42.5 Å². The molecule has 0 unspecified atom stereocenters. The van der Waals surface area contributed by atoms with Crippen LogP contribution in [-0.4, -0.2) is 33.7 Å². The van der Waals surface area contributed by atoms with Crippen molar-refractivity contribution in [3.05, 3.63) is 59.9 Å². The number of pyridine rings is 1. The van der Waals surface area contributed by atoms with Gasteiger partial charge in [-0.05, 0) is 30.3 Å². The maximum absolute atomic E-state index is 12.0. The quantitative estimate of drug-likeness (QED) is 0.561. The number of H-pyrrole nitrogens is 1. The van der Waals surface area contributed by atoms with Crippen LogP contribution < -0.4 is 10.6 Å². The van der Waals surface area contributed by atoms with Crippen molar-refractivity contribution in [3.63, 3.8) is 0 Å². The van der Waals surface area contributed by atoms with Gasteiger partial charge in [-0.3, -0.25) is 14.6 Å². The van der Waals surface area contributed by atoms with Crippen LogP contribution in [0.25, 0.3) is 22.5 Å². The van der Waals surface area contributed by atoms with Crippen molar-refractivity contribution in [1.29, 1.82) is 0 Å². The second-order valence-corrected chi connectivity index (χ2v) is 6.83. The number of fused-ring (bicyclic) bond motifs is 1. The minimum absolute atomic E-state index is 0.0332. The van der Waals surface area contributed by atoms with E-state index in [2.05, 4.69) is 36.5 Å². The highest BCUT2D eigenvalue weighted by Crippen LogP contribution is 2.27. The summed E-state index contributed by atoms with van der Waals surface area (Å²) in [6.07, 6.45) is 2.56. The molecule has 0 bridgehead atoms. The zero-order chi connectivity index (χ0) is 18.8. The Bertz CT molecular complexity index is 1010. The molecule has 136 valence electrons. The Hall–Kier alpha value is -2.93. The maximum Gasteiger partial charge on any atom is 0.253 e. The van der Waals surface area contributed by atoms with Crippen molar-refractivity contribution in [1.82, 2.24) is 15.3 Å². The largest absolute Gasteiger partial charge is 0.358 e. The Kier molecular flexibility index (Phi) is 4.77. The highest BCUT2D eigenvalue weighted by atomic mass is 79.9. The molecule has 0 aliphatic carbocycles. The molecule has 0 spiro atoms. The molecule has 1 aromatic carbocycles. The van der Waals surface area contributed by atoms with Crippen LogP contribution in [0.1, 0.15) is 16.1 Å². The molecule has 3 N–H and O–H groups in total. The van der Waals surface area contributed by atoms with Gasteiger partial charge in [0.2, 0.25) is 5.91 Å². The lowest BCUT2D eigenvalue weighted by Crippen LogP contribution is -2.31. The van der Waals surface area contributed by atoms with Gasteiger partial charge in [0.25, 0.3) is 5.91 Å². The number of hydrogen-bond donors (Lipinski definition) is 3. The molecule has 7 heteroatoms. The van der Waals surface area contributed by atoms with Crippen molar-refractivity contribution in [2.24, 2.45) is 0 Å². The number of nitrogens with zero attached hydrogens (tertiary/aromatic N) is 1. The van der Waals surface area contributed by atoms with Gasteiger partial charge in [0.05, 0.1) is 16.6 Å². The minimum Gasteiger partial charge on any atom is -0.358 e. The number of amides is 2. The summed E-state index contributed by atoms with van der Waals surface area (Å²) in [5, 5.41) is 5.91. The van der Waals surface area contributed by atoms with Gasteiger partial charge in [0, 0.05) is 47.4 Å². The van der Waals surface area contributed by atoms with Crippen molar-refractivity contribution >= 4 is 33.4 Å². The minimum atomic E-state index is -0.0948. The molecule has 1 aliphatic rings. The van der Waals surface area contributed by atoms with Gasteiger partial charge in [0.15, 0.2) is 0 Å². The SMILES string of the molecule is O=C(CBr)Nc1ccc(-c2cc(-c3cc4c([nH]3)CCNC4=O)ccn2)cc1. The number of hydrogen-bond acceptors (Lipinski definition) is 3. The fourth-order valence-corrected chi connectivity index (χ4v) is 3.26. The monoisotopic (exact) mass is 424 g/mol. The molecular weight excluding hydrogens is 408 g/mol. The van der Waals surface area contributed by atoms with Gasteiger partial charge in [-0.25, -0.2) is 0 Å². The van der Waals surface area contributed by atoms with Crippen LogP contribution in [0.15, 0.2) is 48.7 Å². The summed E-state index contributed by atoms with van der Waals surface area (Å²) < 4.78 is 0. The van der Waals surface area contributed by atoms with Crippen molar-refractivity contribution < 1.29 is 9.59 Å². The lowest BCUT2D eigenvalue weighted by atomic mass is 10.1. The van der Waals surface area contributed by atoms with Crippen LogP contribution in [0, 0.1) is 0 Å². The molecular formula is C20H17BrN4O2. The van der Waals surface area contributed by atoms with E-state index in [1.165, 1.54) is 0 Å². The van der Waals surface area contributed by atoms with Crippen LogP contribution in [0.4, 0.5) is 5.69 Å². The first-order chi connectivity index (χ1) is 13.1. The molecule has 27 heavy (non-hydrogen) atoms. The number of anilines is 1. The molecule has 0 atom stereocenters. The number of carbonyl (C=O) groups is 2. The lowest BCUT2D eigenvalue weighted by Gasteiger charge is -2.11. The Labute approximate surface area is 164 Å². The number of carbonyl (C=O) groups excluding carboxylic acids is 2. The molecule has 0 fully saturated rings. The number of rotatable bonds is 4. The van der Waals surface area contributed by atoms with E-state index in [1.54, 1.807) is 6.20 Å². The van der Waals surface area contributed by atoms with E-state index in [4.69, 9.17) is 0 Å². The van der Waals surface area contributed by atoms with Crippen LogP contribution in [0.2, 0.25) is 0 Å². The van der Waals surface area contributed by atoms with Crippen molar-refractivity contribution in [3.8, 4) is 22.5 Å². The number of benzene rings is 1. The molecule has 1 aliphatic heterocycles. The Morgan fingerprint density at radius 3 is 2.70 bits per heavy atom. The van der Waals surface area contributed by atoms with E-state index >= 15 is 0 Å². The molecule has 3 heterocycles. The third-order valence-corrected chi connectivity index (χ3v) is 4.97. The summed E-state index contributed by atoms with van der Waals surface area (Å²) in [7, 11) is 0. The van der Waals surface area contributed by atoms with Crippen molar-refractivity contribution in [2.45, 2.75) is 6.42 Å². The van der Waals surface area contributed by atoms with Gasteiger partial charge in [-0.1, -0.05) is 28.1 Å². The summed E-state index contributed by atoms with van der Waals surface area (Å²) in [6, 6.07) is 13.3. The predicted octanol–water partition coefficient (Wildman–Crippen LogP) is 3.36. The number of alkyl halides is 1. The van der Waals surface area contributed by atoms with Gasteiger partial charge < -0.3 is 15.6 Å². The summed E-state index contributed by atoms with van der Waals surface area (Å²) in [6.45, 7) is 0.658. The fourth-order valence-electron chi connectivity index (χ4n) is 3.12. The lowest BCUT2D eigenvalue weighted by molar-refractivity contribution is -0.113. The molecule has 3 aromatic rings. The first-order valence-corrected chi connectivity index (χ1v) is 9.69. The molecule has 2 amide bonds. The van der Waals surface area contributed by atoms with Gasteiger partial charge in [0.1, 0.15) is 0 Å². The second-order valence-electron chi connectivity index (χ2n) is 6.27. The molecule has 4 rings (SSSR count). The van der Waals surface area contributed by atoms with Gasteiger partial charge in [-0.2, -0.15) is 0 Å². The van der Waals surface area contributed by atoms with Gasteiger partial charge in [-0.15, -0.1) is 0 Å². The van der Waals surface area contributed by atoms with E-state index in [0.29, 0.717) is 12.1 Å². The normalized spacial score (nSPS) is 13.0. The van der Waals surface area contributed by atoms with Crippen LogP contribution >= 0.6 is 15.9 Å². The van der Waals surface area contributed by atoms with Crippen LogP contribution in [0.3, 0.4) is 0 Å². The maximum atomic E-state index is 12.0. The smallest absolute Gasteiger partial charge is 0.253 e. The average Bonchev–Trinajstić information content (AvgIpc) is 3.14. The van der Waals surface area contributed by atoms with Crippen LogP contribution in [0.5, 0.6) is 0 Å². The summed E-state index contributed by atoms with van der Waals surface area (Å²) in [5.41, 5.74) is 6.06. The fraction of sp³-hybridized carbons (Fsp3) is 0.150. The third kappa shape index (κ3) is 3.64. The van der Waals surface area contributed by atoms with Gasteiger partial charge >= 0.3 is 0 Å². The molecule has 0 radical (unpaired) electrons. The zero-order valence-corrected chi connectivity index (χ0v) is 16.0. The first kappa shape index (κ1) is 17.5. The molecule has 2 aromatic heterocycles. The Balaban J connectivity index is 1.61. The number of nitrogens with one attached hydrogen (secondary N) is 3. The highest BCUT2D eigenvalue weighted by Gasteiger charge is 2.20. The van der Waals surface area contributed by atoms with E-state index in [0.717, 1.165) is 40.3 Å². The first-order valence-electron chi connectivity index (χ1n) is 8.57. The summed E-state index contributed by atoms with van der Waals surface area (Å²) >= 11 is 3.13.